The summed E-state index contributed by atoms with van der Waals surface area (Å²) in [5.74, 6) is 4.48. The average Bonchev–Trinajstić information content (AvgIpc) is 2.65. The third-order valence-corrected chi connectivity index (χ3v) is 1.91. The molecule has 0 aliphatic carbocycles. The molecule has 0 unspecified atom stereocenters. The number of carbonyl (C=O) groups is 1. The number of amides is 1. The highest BCUT2D eigenvalue weighted by atomic mass is 19.4. The third kappa shape index (κ3) is 3.54. The number of carbonyl (C=O) groups excluding carboxylic acids is 1. The first-order chi connectivity index (χ1) is 7.43. The Balaban J connectivity index is 2.44. The highest BCUT2D eigenvalue weighted by Gasteiger charge is 2.32. The molecule has 16 heavy (non-hydrogen) atoms. The molecule has 0 saturated carbocycles. The van der Waals surface area contributed by atoms with Crippen molar-refractivity contribution in [1.82, 2.24) is 15.2 Å². The molecule has 1 aromatic heterocycles. The van der Waals surface area contributed by atoms with Crippen molar-refractivity contribution in [2.75, 3.05) is 0 Å². The molecule has 0 fully saturated rings. The number of hydrogen-bond acceptors (Lipinski definition) is 3. The summed E-state index contributed by atoms with van der Waals surface area (Å²) < 4.78 is 37.7. The second-order valence-electron chi connectivity index (χ2n) is 3.16. The Morgan fingerprint density at radius 3 is 2.75 bits per heavy atom. The zero-order valence-electron chi connectivity index (χ0n) is 8.29. The number of aromatic nitrogens is 2. The first-order valence-corrected chi connectivity index (χ1v) is 4.52. The van der Waals surface area contributed by atoms with Crippen molar-refractivity contribution in [2.45, 2.75) is 25.6 Å². The predicted molar refractivity (Wildman–Crippen MR) is 48.8 cm³/mol. The van der Waals surface area contributed by atoms with Gasteiger partial charge < -0.3 is 0 Å². The van der Waals surface area contributed by atoms with E-state index in [1.165, 1.54) is 0 Å². The number of nitrogens with zero attached hydrogens (tertiary/aromatic N) is 2. The lowest BCUT2D eigenvalue weighted by Crippen LogP contribution is -2.29. The van der Waals surface area contributed by atoms with Crippen LogP contribution in [0.1, 0.15) is 18.4 Å². The van der Waals surface area contributed by atoms with Gasteiger partial charge in [0.2, 0.25) is 5.91 Å². The molecule has 90 valence electrons. The molecule has 0 bridgehead atoms. The number of nitrogens with two attached hydrogens (primary N) is 1. The first kappa shape index (κ1) is 12.5. The van der Waals surface area contributed by atoms with Gasteiger partial charge in [-0.1, -0.05) is 0 Å². The molecular weight excluding hydrogens is 225 g/mol. The van der Waals surface area contributed by atoms with Crippen LogP contribution >= 0.6 is 0 Å². The van der Waals surface area contributed by atoms with Crippen molar-refractivity contribution in [2.24, 2.45) is 5.84 Å². The van der Waals surface area contributed by atoms with Gasteiger partial charge in [-0.2, -0.15) is 18.3 Å². The van der Waals surface area contributed by atoms with E-state index in [4.69, 9.17) is 5.84 Å². The van der Waals surface area contributed by atoms with E-state index in [2.05, 4.69) is 5.10 Å². The van der Waals surface area contributed by atoms with Gasteiger partial charge in [0, 0.05) is 19.2 Å². The van der Waals surface area contributed by atoms with E-state index < -0.39 is 11.7 Å². The number of aryl methyl sites for hydroxylation is 1. The van der Waals surface area contributed by atoms with E-state index in [-0.39, 0.29) is 18.9 Å². The molecule has 1 heterocycles. The minimum atomic E-state index is -4.38. The van der Waals surface area contributed by atoms with E-state index in [9.17, 15) is 18.0 Å². The van der Waals surface area contributed by atoms with E-state index in [1.54, 1.807) is 0 Å². The third-order valence-electron chi connectivity index (χ3n) is 1.91. The maximum absolute atomic E-state index is 12.2. The van der Waals surface area contributed by atoms with Crippen LogP contribution in [0.4, 0.5) is 13.2 Å². The lowest BCUT2D eigenvalue weighted by Gasteiger charge is -2.02. The van der Waals surface area contributed by atoms with Gasteiger partial charge in [0.15, 0.2) is 0 Å². The number of rotatable bonds is 4. The van der Waals surface area contributed by atoms with Gasteiger partial charge in [-0.25, -0.2) is 5.84 Å². The maximum Gasteiger partial charge on any atom is 0.419 e. The Bertz CT molecular complexity index is 360. The summed E-state index contributed by atoms with van der Waals surface area (Å²) in [4.78, 5) is 10.7. The smallest absolute Gasteiger partial charge is 0.294 e. The van der Waals surface area contributed by atoms with Crippen LogP contribution in [0, 0.1) is 0 Å². The van der Waals surface area contributed by atoms with Crippen LogP contribution in [-0.4, -0.2) is 15.7 Å². The number of alkyl halides is 3. The lowest BCUT2D eigenvalue weighted by molar-refractivity contribution is -0.137. The summed E-state index contributed by atoms with van der Waals surface area (Å²) >= 11 is 0. The van der Waals surface area contributed by atoms with Crippen LogP contribution in [-0.2, 0) is 17.5 Å². The Morgan fingerprint density at radius 2 is 2.25 bits per heavy atom. The van der Waals surface area contributed by atoms with Crippen molar-refractivity contribution < 1.29 is 18.0 Å². The van der Waals surface area contributed by atoms with E-state index in [0.717, 1.165) is 17.1 Å². The molecule has 1 amide bonds. The second-order valence-corrected chi connectivity index (χ2v) is 3.16. The van der Waals surface area contributed by atoms with Crippen molar-refractivity contribution in [3.05, 3.63) is 18.0 Å². The Labute approximate surface area is 89.4 Å². The van der Waals surface area contributed by atoms with Gasteiger partial charge in [0.05, 0.1) is 11.8 Å². The van der Waals surface area contributed by atoms with Gasteiger partial charge in [-0.15, -0.1) is 0 Å². The minimum Gasteiger partial charge on any atom is -0.294 e. The molecule has 0 aliphatic heterocycles. The molecule has 1 rings (SSSR count). The Hall–Kier alpha value is -1.57. The molecule has 1 aromatic rings. The van der Waals surface area contributed by atoms with Gasteiger partial charge in [-0.05, 0) is 6.42 Å². The largest absolute Gasteiger partial charge is 0.419 e. The van der Waals surface area contributed by atoms with Crippen LogP contribution in [0.2, 0.25) is 0 Å². The molecule has 0 aliphatic rings. The van der Waals surface area contributed by atoms with Crippen molar-refractivity contribution >= 4 is 5.91 Å². The zero-order chi connectivity index (χ0) is 12.2. The number of nitrogens with one attached hydrogen (secondary N) is 1. The Kier molecular flexibility index (Phi) is 3.88. The molecule has 0 aromatic carbocycles. The summed E-state index contributed by atoms with van der Waals surface area (Å²) in [6, 6.07) is 0. The van der Waals surface area contributed by atoms with Crippen LogP contribution in [0.15, 0.2) is 12.4 Å². The summed E-state index contributed by atoms with van der Waals surface area (Å²) in [6.07, 6.45) is -2.20. The van der Waals surface area contributed by atoms with E-state index in [1.807, 2.05) is 5.43 Å². The lowest BCUT2D eigenvalue weighted by atomic mass is 10.3. The second kappa shape index (κ2) is 4.97. The van der Waals surface area contributed by atoms with Crippen LogP contribution in [0.25, 0.3) is 0 Å². The average molecular weight is 236 g/mol. The molecule has 3 N–H and O–H groups in total. The molecule has 0 spiro atoms. The first-order valence-electron chi connectivity index (χ1n) is 4.52. The highest BCUT2D eigenvalue weighted by Crippen LogP contribution is 2.28. The topological polar surface area (TPSA) is 72.9 Å². The monoisotopic (exact) mass is 236 g/mol. The molecule has 0 saturated heterocycles. The van der Waals surface area contributed by atoms with E-state index >= 15 is 0 Å². The summed E-state index contributed by atoms with van der Waals surface area (Å²) in [5.41, 5.74) is 1.14. The molecular formula is C8H11F3N4O. The highest BCUT2D eigenvalue weighted by molar-refractivity contribution is 5.74. The van der Waals surface area contributed by atoms with Crippen LogP contribution < -0.4 is 11.3 Å². The minimum absolute atomic E-state index is 0.151. The number of halogens is 3. The molecule has 0 atom stereocenters. The summed E-state index contributed by atoms with van der Waals surface area (Å²) in [5, 5.41) is 3.54. The fourth-order valence-electron chi connectivity index (χ4n) is 1.11. The summed E-state index contributed by atoms with van der Waals surface area (Å²) in [6.45, 7) is 0.240. The van der Waals surface area contributed by atoms with Crippen molar-refractivity contribution in [3.8, 4) is 0 Å². The quantitative estimate of drug-likeness (QED) is 0.458. The fourth-order valence-corrected chi connectivity index (χ4v) is 1.11. The molecule has 8 heteroatoms. The van der Waals surface area contributed by atoms with Crippen LogP contribution in [0.5, 0.6) is 0 Å². The molecule has 5 nitrogen and oxygen atoms in total. The maximum atomic E-state index is 12.2. The van der Waals surface area contributed by atoms with E-state index in [0.29, 0.717) is 6.42 Å². The van der Waals surface area contributed by atoms with Crippen molar-refractivity contribution in [1.29, 1.82) is 0 Å². The normalized spacial score (nSPS) is 11.5. The van der Waals surface area contributed by atoms with Gasteiger partial charge in [0.1, 0.15) is 0 Å². The standard InChI is InChI=1S/C8H11F3N4O/c9-8(10,11)6-4-13-15(5-6)3-1-2-7(16)14-12/h4-5H,1-3,12H2,(H,14,16). The van der Waals surface area contributed by atoms with Gasteiger partial charge in [0.25, 0.3) is 0 Å². The summed E-state index contributed by atoms with van der Waals surface area (Å²) in [7, 11) is 0. The predicted octanol–water partition coefficient (Wildman–Crippen LogP) is 0.672. The van der Waals surface area contributed by atoms with Crippen molar-refractivity contribution in [3.63, 3.8) is 0 Å². The fraction of sp³-hybridized carbons (Fsp3) is 0.500. The zero-order valence-corrected chi connectivity index (χ0v) is 8.29. The van der Waals surface area contributed by atoms with Gasteiger partial charge >= 0.3 is 6.18 Å². The Morgan fingerprint density at radius 1 is 1.56 bits per heavy atom. The van der Waals surface area contributed by atoms with Gasteiger partial charge in [-0.3, -0.25) is 14.9 Å². The number of hydrazine groups is 1. The number of hydrogen-bond donors (Lipinski definition) is 2. The molecule has 0 radical (unpaired) electrons. The van der Waals surface area contributed by atoms with Crippen LogP contribution in [0.3, 0.4) is 0 Å². The SMILES string of the molecule is NNC(=O)CCCn1cc(C(F)(F)F)cn1.